The van der Waals surface area contributed by atoms with Crippen molar-refractivity contribution < 1.29 is 0 Å². The molecule has 0 aromatic heterocycles. The number of nitrogens with zero attached hydrogens (tertiary/aromatic N) is 1. The first-order chi connectivity index (χ1) is 9.31. The van der Waals surface area contributed by atoms with Gasteiger partial charge < -0.3 is 10.6 Å². The predicted octanol–water partition coefficient (Wildman–Crippen LogP) is 3.45. The van der Waals surface area contributed by atoms with Crippen molar-refractivity contribution in [2.75, 3.05) is 13.1 Å². The van der Waals surface area contributed by atoms with Crippen LogP contribution in [0.1, 0.15) is 51.7 Å². The lowest BCUT2D eigenvalue weighted by atomic mass is 10.0. The highest BCUT2D eigenvalue weighted by Gasteiger charge is 2.12. The molecule has 0 spiro atoms. The van der Waals surface area contributed by atoms with E-state index >= 15 is 0 Å². The number of hydrogen-bond donors (Lipinski definition) is 2. The molecule has 1 aromatic rings. The minimum atomic E-state index is 0.0219. The quantitative estimate of drug-likeness (QED) is 0.652. The van der Waals surface area contributed by atoms with Gasteiger partial charge in [-0.1, -0.05) is 36.8 Å². The highest BCUT2D eigenvalue weighted by atomic mass is 15.2. The Kier molecular flexibility index (Phi) is 6.05. The van der Waals surface area contributed by atoms with Gasteiger partial charge in [0.1, 0.15) is 0 Å². The summed E-state index contributed by atoms with van der Waals surface area (Å²) in [4.78, 5) is 4.69. The third-order valence-corrected chi connectivity index (χ3v) is 3.01. The van der Waals surface area contributed by atoms with E-state index < -0.39 is 0 Å². The van der Waals surface area contributed by atoms with Crippen molar-refractivity contribution in [3.05, 3.63) is 35.4 Å². The van der Waals surface area contributed by atoms with E-state index in [4.69, 9.17) is 4.99 Å². The van der Waals surface area contributed by atoms with Gasteiger partial charge in [-0.05, 0) is 40.2 Å². The molecular weight excluding hydrogens is 246 g/mol. The van der Waals surface area contributed by atoms with Crippen LogP contribution in [0.5, 0.6) is 0 Å². The molecule has 0 heterocycles. The summed E-state index contributed by atoms with van der Waals surface area (Å²) in [6.45, 7) is 14.5. The van der Waals surface area contributed by atoms with Crippen molar-refractivity contribution in [2.24, 2.45) is 4.99 Å². The van der Waals surface area contributed by atoms with Crippen LogP contribution in [0.4, 0.5) is 0 Å². The van der Waals surface area contributed by atoms with Crippen molar-refractivity contribution in [2.45, 2.75) is 53.0 Å². The van der Waals surface area contributed by atoms with E-state index in [9.17, 15) is 0 Å². The average Bonchev–Trinajstić information content (AvgIpc) is 2.35. The third-order valence-electron chi connectivity index (χ3n) is 3.01. The fourth-order valence-corrected chi connectivity index (χ4v) is 1.89. The lowest BCUT2D eigenvalue weighted by Crippen LogP contribution is -2.47. The van der Waals surface area contributed by atoms with Gasteiger partial charge in [0.25, 0.3) is 0 Å². The van der Waals surface area contributed by atoms with E-state index in [0.29, 0.717) is 5.92 Å². The average molecular weight is 275 g/mol. The van der Waals surface area contributed by atoms with Crippen LogP contribution in [0, 0.1) is 6.92 Å². The Hall–Kier alpha value is -1.51. The first-order valence-corrected chi connectivity index (χ1v) is 7.45. The molecule has 112 valence electrons. The molecule has 1 rings (SSSR count). The molecule has 1 aromatic carbocycles. The minimum absolute atomic E-state index is 0.0219. The Morgan fingerprint density at radius 3 is 2.30 bits per heavy atom. The predicted molar refractivity (Wildman–Crippen MR) is 88.5 cm³/mol. The molecule has 0 aliphatic heterocycles. The second-order valence-electron chi connectivity index (χ2n) is 6.41. The first-order valence-electron chi connectivity index (χ1n) is 7.45. The molecule has 1 unspecified atom stereocenters. The van der Waals surface area contributed by atoms with Crippen LogP contribution in [-0.4, -0.2) is 24.6 Å². The molecule has 2 N–H and O–H groups in total. The summed E-state index contributed by atoms with van der Waals surface area (Å²) < 4.78 is 0. The van der Waals surface area contributed by atoms with E-state index in [-0.39, 0.29) is 5.54 Å². The fourth-order valence-electron chi connectivity index (χ4n) is 1.89. The number of hydrogen-bond acceptors (Lipinski definition) is 1. The Morgan fingerprint density at radius 1 is 1.20 bits per heavy atom. The highest BCUT2D eigenvalue weighted by molar-refractivity contribution is 5.80. The Balaban J connectivity index is 2.68. The first kappa shape index (κ1) is 16.5. The van der Waals surface area contributed by atoms with Gasteiger partial charge in [0, 0.05) is 24.5 Å². The molecule has 0 amide bonds. The highest BCUT2D eigenvalue weighted by Crippen LogP contribution is 2.16. The van der Waals surface area contributed by atoms with E-state index in [1.165, 1.54) is 11.1 Å². The van der Waals surface area contributed by atoms with Gasteiger partial charge in [0.2, 0.25) is 0 Å². The fraction of sp³-hybridized carbons (Fsp3) is 0.588. The van der Waals surface area contributed by atoms with Crippen LogP contribution in [0.25, 0.3) is 0 Å². The second-order valence-corrected chi connectivity index (χ2v) is 6.41. The Morgan fingerprint density at radius 2 is 1.80 bits per heavy atom. The topological polar surface area (TPSA) is 36.4 Å². The van der Waals surface area contributed by atoms with Crippen LogP contribution in [-0.2, 0) is 0 Å². The minimum Gasteiger partial charge on any atom is -0.357 e. The van der Waals surface area contributed by atoms with E-state index in [0.717, 1.165) is 19.0 Å². The summed E-state index contributed by atoms with van der Waals surface area (Å²) in [6.07, 6.45) is 0. The summed E-state index contributed by atoms with van der Waals surface area (Å²) in [7, 11) is 0. The number of benzene rings is 1. The zero-order valence-corrected chi connectivity index (χ0v) is 13.7. The molecule has 0 aliphatic rings. The SMILES string of the molecule is CCNC(=NCC(C)c1ccc(C)cc1)NC(C)(C)C. The molecule has 1 atom stereocenters. The van der Waals surface area contributed by atoms with Gasteiger partial charge in [0.05, 0.1) is 0 Å². The molecule has 20 heavy (non-hydrogen) atoms. The third kappa shape index (κ3) is 6.09. The monoisotopic (exact) mass is 275 g/mol. The maximum Gasteiger partial charge on any atom is 0.191 e. The number of guanidine groups is 1. The normalized spacial score (nSPS) is 14.0. The lowest BCUT2D eigenvalue weighted by Gasteiger charge is -2.24. The molecule has 3 heteroatoms. The number of nitrogens with one attached hydrogen (secondary N) is 2. The second kappa shape index (κ2) is 7.32. The molecule has 0 saturated carbocycles. The van der Waals surface area contributed by atoms with Crippen LogP contribution in [0.15, 0.2) is 29.3 Å². The maximum atomic E-state index is 4.69. The van der Waals surface area contributed by atoms with Crippen LogP contribution in [0.2, 0.25) is 0 Å². The standard InChI is InChI=1S/C17H29N3/c1-7-18-16(20-17(4,5)6)19-12-14(3)15-10-8-13(2)9-11-15/h8-11,14H,7,12H2,1-6H3,(H2,18,19,20). The van der Waals surface area contributed by atoms with E-state index in [1.807, 2.05) is 0 Å². The zero-order valence-electron chi connectivity index (χ0n) is 13.7. The molecule has 0 bridgehead atoms. The van der Waals surface area contributed by atoms with Gasteiger partial charge in [0.15, 0.2) is 5.96 Å². The smallest absolute Gasteiger partial charge is 0.191 e. The molecule has 0 radical (unpaired) electrons. The molecule has 0 aliphatic carbocycles. The maximum absolute atomic E-state index is 4.69. The molecule has 0 saturated heterocycles. The summed E-state index contributed by atoms with van der Waals surface area (Å²) in [5.41, 5.74) is 2.66. The van der Waals surface area contributed by atoms with Crippen LogP contribution in [0.3, 0.4) is 0 Å². The van der Waals surface area contributed by atoms with Crippen LogP contribution >= 0.6 is 0 Å². The van der Waals surface area contributed by atoms with Gasteiger partial charge in [-0.2, -0.15) is 0 Å². The van der Waals surface area contributed by atoms with Gasteiger partial charge in [-0.15, -0.1) is 0 Å². The van der Waals surface area contributed by atoms with Gasteiger partial charge >= 0.3 is 0 Å². The summed E-state index contributed by atoms with van der Waals surface area (Å²) >= 11 is 0. The summed E-state index contributed by atoms with van der Waals surface area (Å²) in [5.74, 6) is 1.31. The van der Waals surface area contributed by atoms with E-state index in [1.54, 1.807) is 0 Å². The number of aliphatic imine (C=N–C) groups is 1. The van der Waals surface area contributed by atoms with E-state index in [2.05, 4.69) is 76.4 Å². The number of rotatable bonds is 4. The van der Waals surface area contributed by atoms with Crippen molar-refractivity contribution >= 4 is 5.96 Å². The van der Waals surface area contributed by atoms with Crippen molar-refractivity contribution in [3.8, 4) is 0 Å². The van der Waals surface area contributed by atoms with Crippen molar-refractivity contribution in [1.82, 2.24) is 10.6 Å². The Bertz CT molecular complexity index is 427. The van der Waals surface area contributed by atoms with Gasteiger partial charge in [-0.3, -0.25) is 4.99 Å². The summed E-state index contributed by atoms with van der Waals surface area (Å²) in [5, 5.41) is 6.71. The largest absolute Gasteiger partial charge is 0.357 e. The lowest BCUT2D eigenvalue weighted by molar-refractivity contribution is 0.501. The number of aryl methyl sites for hydroxylation is 1. The van der Waals surface area contributed by atoms with Crippen molar-refractivity contribution in [1.29, 1.82) is 0 Å². The Labute approximate surface area is 123 Å². The molecular formula is C17H29N3. The van der Waals surface area contributed by atoms with Crippen molar-refractivity contribution in [3.63, 3.8) is 0 Å². The molecule has 3 nitrogen and oxygen atoms in total. The molecule has 0 fully saturated rings. The van der Waals surface area contributed by atoms with Gasteiger partial charge in [-0.25, -0.2) is 0 Å². The van der Waals surface area contributed by atoms with Crippen LogP contribution < -0.4 is 10.6 Å². The summed E-state index contributed by atoms with van der Waals surface area (Å²) in [6, 6.07) is 8.71. The zero-order chi connectivity index (χ0) is 15.2.